The number of para-hydroxylation sites is 2. The predicted molar refractivity (Wildman–Crippen MR) is 281 cm³/mol. The van der Waals surface area contributed by atoms with E-state index in [1.165, 1.54) is 22.5 Å². The van der Waals surface area contributed by atoms with Gasteiger partial charge in [0.2, 0.25) is 5.69 Å². The second kappa shape index (κ2) is 20.1. The van der Waals surface area contributed by atoms with Crippen molar-refractivity contribution in [3.63, 3.8) is 0 Å². The van der Waals surface area contributed by atoms with Gasteiger partial charge in [-0.1, -0.05) is 61.5 Å². The van der Waals surface area contributed by atoms with Crippen molar-refractivity contribution in [1.29, 1.82) is 0 Å². The van der Waals surface area contributed by atoms with E-state index in [1.54, 1.807) is 11.8 Å². The fourth-order valence-electron chi connectivity index (χ4n) is 10.00. The maximum Gasteiger partial charge on any atom is 0.264 e. The van der Waals surface area contributed by atoms with Crippen molar-refractivity contribution in [2.24, 2.45) is 0 Å². The molecule has 2 aromatic heterocycles. The van der Waals surface area contributed by atoms with Crippen molar-refractivity contribution < 1.29 is 40.0 Å². The molecule has 6 aromatic rings. The fraction of sp³-hybridized carbons (Fsp3) is 0.333. The van der Waals surface area contributed by atoms with Gasteiger partial charge in [0.1, 0.15) is 34.5 Å². The van der Waals surface area contributed by atoms with Gasteiger partial charge in [-0.05, 0) is 130 Å². The fourth-order valence-corrected chi connectivity index (χ4v) is 12.1. The Morgan fingerprint density at radius 3 is 2.24 bits per heavy atom. The molecule has 2 aliphatic heterocycles. The SMILES string of the molecule is COc1ccc2nc(-c3cn(-c4ccc(OC5=C(C=CC6=[N+](CCCCS(=O)(=O)O)c7ccccc7C6(C)C)CCCC5=CC=C5N(CCCCS(=O)(=O)O)c6ccccc6C5(C)C)cc4)nn3)sc2c1. The number of ether oxygens (including phenoxy) is 2. The molecule has 0 atom stereocenters. The van der Waals surface area contributed by atoms with Crippen LogP contribution in [0.4, 0.5) is 11.4 Å². The summed E-state index contributed by atoms with van der Waals surface area (Å²) in [5.74, 6) is 1.60. The van der Waals surface area contributed by atoms with E-state index in [2.05, 4.69) is 96.1 Å². The van der Waals surface area contributed by atoms with Crippen LogP contribution in [0.2, 0.25) is 0 Å². The highest BCUT2D eigenvalue weighted by Gasteiger charge is 2.44. The molecule has 0 radical (unpaired) electrons. The number of thiazole rings is 1. The van der Waals surface area contributed by atoms with Crippen LogP contribution in [-0.4, -0.2) is 87.9 Å². The highest BCUT2D eigenvalue weighted by atomic mass is 32.2. The molecule has 14 nitrogen and oxygen atoms in total. The second-order valence-electron chi connectivity index (χ2n) is 19.2. The van der Waals surface area contributed by atoms with Gasteiger partial charge in [-0.25, -0.2) is 9.67 Å². The summed E-state index contributed by atoms with van der Waals surface area (Å²) in [5.41, 5.74) is 10.3. The monoisotopic (exact) mass is 1020 g/mol. The average Bonchev–Trinajstić information content (AvgIpc) is 4.09. The minimum Gasteiger partial charge on any atom is -0.497 e. The Morgan fingerprint density at radius 1 is 0.789 bits per heavy atom. The smallest absolute Gasteiger partial charge is 0.264 e. The van der Waals surface area contributed by atoms with Gasteiger partial charge in [0.05, 0.1) is 46.1 Å². The number of nitrogens with zero attached hydrogens (tertiary/aromatic N) is 6. The maximum absolute atomic E-state index is 11.6. The largest absolute Gasteiger partial charge is 0.497 e. The molecule has 9 rings (SSSR count). The van der Waals surface area contributed by atoms with Gasteiger partial charge in [-0.3, -0.25) is 9.11 Å². The van der Waals surface area contributed by atoms with Crippen LogP contribution in [0.5, 0.6) is 11.5 Å². The molecule has 370 valence electrons. The van der Waals surface area contributed by atoms with Crippen LogP contribution in [-0.2, 0) is 31.1 Å². The maximum atomic E-state index is 11.6. The number of anilines is 1. The molecule has 0 unspecified atom stereocenters. The van der Waals surface area contributed by atoms with Crippen LogP contribution in [0.3, 0.4) is 0 Å². The summed E-state index contributed by atoms with van der Waals surface area (Å²) >= 11 is 1.53. The van der Waals surface area contributed by atoms with Crippen LogP contribution in [0.15, 0.2) is 144 Å². The minimum absolute atomic E-state index is 0.285. The summed E-state index contributed by atoms with van der Waals surface area (Å²) in [4.78, 5) is 7.05. The highest BCUT2D eigenvalue weighted by Crippen LogP contribution is 2.48. The van der Waals surface area contributed by atoms with E-state index in [1.807, 2.05) is 72.9 Å². The molecule has 4 heterocycles. The molecule has 0 spiro atoms. The number of rotatable bonds is 18. The standard InChI is InChI=1S/C54H58N6O8S3/c1-53(2)42-17-6-8-19-46(42)58(31-10-12-33-70(61,62)63)49(53)29-21-37-15-14-16-38(22-30-50-54(3,4)43-18-7-9-20-47(43)59(50)32-11-13-34-71(64,65)66)51(37)68-40-25-23-39(24-26-40)60-36-45(56-57-60)52-55-44-28-27-41(67-5)35-48(44)69-52/h6-9,17-30,35-36H,10-16,31-34H2,1-5H3,(H-,61,62,63,64,65,66)/p+1. The number of benzene rings is 4. The summed E-state index contributed by atoms with van der Waals surface area (Å²) in [6.07, 6.45) is 14.8. The third-order valence-electron chi connectivity index (χ3n) is 13.7. The van der Waals surface area contributed by atoms with E-state index in [4.69, 9.17) is 14.5 Å². The van der Waals surface area contributed by atoms with Crippen LogP contribution in [0, 0.1) is 0 Å². The lowest BCUT2D eigenvalue weighted by atomic mass is 9.81. The van der Waals surface area contributed by atoms with Crippen molar-refractivity contribution in [3.8, 4) is 27.9 Å². The van der Waals surface area contributed by atoms with Gasteiger partial charge in [0.25, 0.3) is 20.2 Å². The van der Waals surface area contributed by atoms with Crippen LogP contribution >= 0.6 is 11.3 Å². The molecule has 3 aliphatic rings. The normalized spacial score (nSPS) is 17.8. The topological polar surface area (TPSA) is 177 Å². The summed E-state index contributed by atoms with van der Waals surface area (Å²) in [7, 11) is -6.49. The quantitative estimate of drug-likeness (QED) is 0.0474. The molecule has 2 N–H and O–H groups in total. The summed E-state index contributed by atoms with van der Waals surface area (Å²) in [6.45, 7) is 9.99. The van der Waals surface area contributed by atoms with Gasteiger partial charge in [-0.2, -0.15) is 21.4 Å². The molecular formula is C54H59N6O8S3+. The second-order valence-corrected chi connectivity index (χ2v) is 23.4. The molecule has 4 aromatic carbocycles. The van der Waals surface area contributed by atoms with E-state index in [0.29, 0.717) is 50.2 Å². The van der Waals surface area contributed by atoms with E-state index in [9.17, 15) is 25.9 Å². The first kappa shape index (κ1) is 49.7. The molecule has 71 heavy (non-hydrogen) atoms. The van der Waals surface area contributed by atoms with E-state index < -0.39 is 20.2 Å². The lowest BCUT2D eigenvalue weighted by Crippen LogP contribution is -2.28. The molecule has 0 saturated heterocycles. The number of fused-ring (bicyclic) bond motifs is 3. The predicted octanol–water partition coefficient (Wildman–Crippen LogP) is 10.9. The van der Waals surface area contributed by atoms with Gasteiger partial charge in [0, 0.05) is 47.5 Å². The molecule has 1 aliphatic carbocycles. The first-order valence-electron chi connectivity index (χ1n) is 23.9. The summed E-state index contributed by atoms with van der Waals surface area (Å²) in [6, 6.07) is 30.2. The number of methoxy groups -OCH3 is 1. The minimum atomic E-state index is -4.07. The Hall–Kier alpha value is -6.24. The Kier molecular flexibility index (Phi) is 14.1. The van der Waals surface area contributed by atoms with Gasteiger partial charge >= 0.3 is 0 Å². The molecule has 17 heteroatoms. The van der Waals surface area contributed by atoms with Crippen LogP contribution < -0.4 is 14.4 Å². The van der Waals surface area contributed by atoms with Crippen molar-refractivity contribution in [2.45, 2.75) is 83.5 Å². The van der Waals surface area contributed by atoms with Gasteiger partial charge in [-0.15, -0.1) is 16.4 Å². The number of allylic oxidation sites excluding steroid dienone is 7. The molecular weight excluding hydrogens is 957 g/mol. The van der Waals surface area contributed by atoms with E-state index in [0.717, 1.165) is 85.6 Å². The van der Waals surface area contributed by atoms with E-state index >= 15 is 0 Å². The molecule has 0 bridgehead atoms. The van der Waals surface area contributed by atoms with Crippen molar-refractivity contribution in [1.82, 2.24) is 20.0 Å². The summed E-state index contributed by atoms with van der Waals surface area (Å²) < 4.78 is 82.7. The third kappa shape index (κ3) is 10.8. The number of hydrogen-bond acceptors (Lipinski definition) is 11. The van der Waals surface area contributed by atoms with Crippen LogP contribution in [0.1, 0.15) is 83.8 Å². The first-order chi connectivity index (χ1) is 33.9. The molecule has 0 amide bonds. The zero-order chi connectivity index (χ0) is 50.1. The van der Waals surface area contributed by atoms with Crippen molar-refractivity contribution in [3.05, 3.63) is 155 Å². The molecule has 0 fully saturated rings. The zero-order valence-electron chi connectivity index (χ0n) is 40.6. The number of aromatic nitrogens is 4. The van der Waals surface area contributed by atoms with E-state index in [-0.39, 0.29) is 22.3 Å². The van der Waals surface area contributed by atoms with Crippen molar-refractivity contribution >= 4 is 58.9 Å². The summed E-state index contributed by atoms with van der Waals surface area (Å²) in [5, 5.41) is 9.65. The van der Waals surface area contributed by atoms with Crippen LogP contribution in [0.25, 0.3) is 26.6 Å². The Morgan fingerprint density at radius 2 is 1.49 bits per heavy atom. The first-order valence-corrected chi connectivity index (χ1v) is 27.9. The van der Waals surface area contributed by atoms with Gasteiger partial charge in [0.15, 0.2) is 5.71 Å². The third-order valence-corrected chi connectivity index (χ3v) is 16.3. The van der Waals surface area contributed by atoms with Crippen molar-refractivity contribution in [2.75, 3.05) is 36.6 Å². The number of unbranched alkanes of at least 4 members (excludes halogenated alkanes) is 2. The lowest BCUT2D eigenvalue weighted by Gasteiger charge is -2.27. The molecule has 0 saturated carbocycles. The lowest BCUT2D eigenvalue weighted by molar-refractivity contribution is -0.438. The highest BCUT2D eigenvalue weighted by molar-refractivity contribution is 7.86. The van der Waals surface area contributed by atoms with Gasteiger partial charge < -0.3 is 14.4 Å². The Balaban J connectivity index is 1.07. The number of hydrogen-bond donors (Lipinski definition) is 2. The average molecular weight is 1020 g/mol. The zero-order valence-corrected chi connectivity index (χ0v) is 43.0. The Bertz CT molecular complexity index is 3380. The Labute approximate surface area is 419 Å².